The quantitative estimate of drug-likeness (QED) is 0.398. The molecule has 246 valence electrons. The first-order valence-electron chi connectivity index (χ1n) is 15.0. The lowest BCUT2D eigenvalue weighted by molar-refractivity contribution is -0.148. The van der Waals surface area contributed by atoms with Crippen LogP contribution in [0.25, 0.3) is 10.1 Å². The van der Waals surface area contributed by atoms with Crippen molar-refractivity contribution in [1.29, 1.82) is 0 Å². The molecule has 1 aromatic carbocycles. The summed E-state index contributed by atoms with van der Waals surface area (Å²) in [5.41, 5.74) is -6.01. The molecule has 45 heavy (non-hydrogen) atoms. The number of thiophene rings is 1. The maximum absolute atomic E-state index is 14.3. The minimum atomic E-state index is -5.77. The van der Waals surface area contributed by atoms with Gasteiger partial charge in [-0.05, 0) is 60.6 Å². The predicted molar refractivity (Wildman–Crippen MR) is 164 cm³/mol. The van der Waals surface area contributed by atoms with Gasteiger partial charge in [-0.25, -0.2) is 0 Å². The molecule has 0 saturated carbocycles. The third kappa shape index (κ3) is 6.39. The Hall–Kier alpha value is -2.93. The van der Waals surface area contributed by atoms with Crippen molar-refractivity contribution in [1.82, 2.24) is 20.0 Å². The molecule has 3 fully saturated rings. The average Bonchev–Trinajstić information content (AvgIpc) is 3.71. The van der Waals surface area contributed by atoms with Crippen molar-refractivity contribution >= 4 is 52.6 Å². The van der Waals surface area contributed by atoms with E-state index in [4.69, 9.17) is 9.79 Å². The summed E-state index contributed by atoms with van der Waals surface area (Å²) in [6.07, 6.45) is 2.83. The van der Waals surface area contributed by atoms with Gasteiger partial charge < -0.3 is 29.8 Å². The van der Waals surface area contributed by atoms with E-state index < -0.39 is 42.2 Å². The van der Waals surface area contributed by atoms with E-state index in [0.29, 0.717) is 49.6 Å². The summed E-state index contributed by atoms with van der Waals surface area (Å²) in [5, 5.41) is 3.01. The Balaban J connectivity index is 1.34. The number of carbonyl (C=O) groups excluding carboxylic acids is 4. The fraction of sp³-hybridized carbons (Fsp3) is 0.600. The fourth-order valence-corrected chi connectivity index (χ4v) is 8.13. The SMILES string of the molecule is CC(=O)N1CC[C@H]2CCN(C(=O)C3CCCN3C(=O)C(NC(=O)c3cc4cc(C(F)(F)P(=O)(O)O)ccc4s3)C(C)(C)C)[C@H]2C1. The van der Waals surface area contributed by atoms with Crippen LogP contribution < -0.4 is 5.32 Å². The second kappa shape index (κ2) is 12.0. The van der Waals surface area contributed by atoms with E-state index in [0.717, 1.165) is 36.3 Å². The lowest BCUT2D eigenvalue weighted by Gasteiger charge is -2.40. The molecule has 11 nitrogen and oxygen atoms in total. The van der Waals surface area contributed by atoms with Crippen LogP contribution in [0.1, 0.15) is 68.6 Å². The second-order valence-corrected chi connectivity index (χ2v) is 16.0. The van der Waals surface area contributed by atoms with E-state index >= 15 is 0 Å². The molecule has 3 N–H and O–H groups in total. The summed E-state index contributed by atoms with van der Waals surface area (Å²) in [7, 11) is -5.77. The van der Waals surface area contributed by atoms with Gasteiger partial charge >= 0.3 is 13.3 Å². The fourth-order valence-electron chi connectivity index (χ4n) is 6.71. The smallest absolute Gasteiger partial charge is 0.341 e. The van der Waals surface area contributed by atoms with Crippen molar-refractivity contribution in [3.63, 3.8) is 0 Å². The summed E-state index contributed by atoms with van der Waals surface area (Å²) in [5.74, 6) is -0.834. The molecule has 4 heterocycles. The van der Waals surface area contributed by atoms with Gasteiger partial charge in [0.2, 0.25) is 17.7 Å². The van der Waals surface area contributed by atoms with E-state index in [2.05, 4.69) is 5.32 Å². The van der Waals surface area contributed by atoms with Crippen LogP contribution in [0.5, 0.6) is 0 Å². The van der Waals surface area contributed by atoms with Gasteiger partial charge in [0.05, 0.1) is 10.9 Å². The van der Waals surface area contributed by atoms with Gasteiger partial charge in [0.1, 0.15) is 12.1 Å². The number of hydrogen-bond acceptors (Lipinski definition) is 6. The summed E-state index contributed by atoms with van der Waals surface area (Å²) >= 11 is 0.999. The Morgan fingerprint density at radius 2 is 1.71 bits per heavy atom. The number of fused-ring (bicyclic) bond motifs is 2. The monoisotopic (exact) mass is 668 g/mol. The van der Waals surface area contributed by atoms with Crippen molar-refractivity contribution in [2.75, 3.05) is 26.2 Å². The van der Waals surface area contributed by atoms with E-state index in [-0.39, 0.29) is 34.0 Å². The van der Waals surface area contributed by atoms with Crippen LogP contribution in [0, 0.1) is 11.3 Å². The zero-order chi connectivity index (χ0) is 33.1. The van der Waals surface area contributed by atoms with Gasteiger partial charge in [-0.1, -0.05) is 26.8 Å². The molecule has 3 saturated heterocycles. The Labute approximate surface area is 264 Å². The predicted octanol–water partition coefficient (Wildman–Crippen LogP) is 3.73. The number of alkyl halides is 2. The Bertz CT molecular complexity index is 1570. The number of likely N-dealkylation sites (tertiary alicyclic amines) is 3. The first kappa shape index (κ1) is 33.4. The van der Waals surface area contributed by atoms with Gasteiger partial charge in [-0.3, -0.25) is 23.7 Å². The summed E-state index contributed by atoms with van der Waals surface area (Å²) in [4.78, 5) is 77.0. The molecule has 0 bridgehead atoms. The molecule has 4 atom stereocenters. The number of halogens is 2. The first-order chi connectivity index (χ1) is 20.9. The van der Waals surface area contributed by atoms with Crippen molar-refractivity contribution in [2.45, 2.75) is 77.2 Å². The molecule has 3 aliphatic heterocycles. The highest BCUT2D eigenvalue weighted by atomic mass is 32.1. The largest absolute Gasteiger partial charge is 0.399 e. The number of amides is 4. The maximum atomic E-state index is 14.3. The topological polar surface area (TPSA) is 148 Å². The van der Waals surface area contributed by atoms with Crippen LogP contribution in [-0.2, 0) is 24.6 Å². The average molecular weight is 669 g/mol. The highest BCUT2D eigenvalue weighted by Crippen LogP contribution is 2.59. The van der Waals surface area contributed by atoms with Gasteiger partial charge in [0, 0.05) is 43.4 Å². The van der Waals surface area contributed by atoms with E-state index in [9.17, 15) is 32.5 Å². The van der Waals surface area contributed by atoms with Gasteiger partial charge in [-0.15, -0.1) is 11.3 Å². The molecule has 2 aromatic rings. The molecule has 4 amide bonds. The number of hydrogen-bond donors (Lipinski definition) is 3. The third-order valence-electron chi connectivity index (χ3n) is 9.25. The summed E-state index contributed by atoms with van der Waals surface area (Å²) in [6.45, 7) is 9.03. The molecular formula is C30H39F2N4O7PS. The van der Waals surface area contributed by atoms with Crippen LogP contribution in [0.2, 0.25) is 0 Å². The first-order valence-corrected chi connectivity index (χ1v) is 17.5. The van der Waals surface area contributed by atoms with Gasteiger partial charge in [0.25, 0.3) is 5.91 Å². The van der Waals surface area contributed by atoms with E-state index in [1.807, 2.05) is 4.90 Å². The third-order valence-corrected chi connectivity index (χ3v) is 11.4. The van der Waals surface area contributed by atoms with Crippen molar-refractivity contribution in [3.8, 4) is 0 Å². The molecule has 0 aliphatic carbocycles. The molecule has 3 aliphatic rings. The molecule has 5 rings (SSSR count). The summed E-state index contributed by atoms with van der Waals surface area (Å²) < 4.78 is 40.4. The molecule has 0 radical (unpaired) electrons. The lowest BCUT2D eigenvalue weighted by Crippen LogP contribution is -2.59. The highest BCUT2D eigenvalue weighted by Gasteiger charge is 2.51. The number of nitrogens with zero attached hydrogens (tertiary/aromatic N) is 3. The number of benzene rings is 1. The van der Waals surface area contributed by atoms with Crippen LogP contribution >= 0.6 is 18.9 Å². The molecule has 2 unspecified atom stereocenters. The number of nitrogens with one attached hydrogen (secondary N) is 1. The Morgan fingerprint density at radius 1 is 1.02 bits per heavy atom. The van der Waals surface area contributed by atoms with Crippen LogP contribution in [0.3, 0.4) is 0 Å². The number of carbonyl (C=O) groups is 4. The zero-order valence-corrected chi connectivity index (χ0v) is 27.4. The minimum absolute atomic E-state index is 0.0210. The molecule has 0 spiro atoms. The van der Waals surface area contributed by atoms with Gasteiger partial charge in [-0.2, -0.15) is 8.78 Å². The van der Waals surface area contributed by atoms with E-state index in [1.54, 1.807) is 30.6 Å². The van der Waals surface area contributed by atoms with Crippen molar-refractivity contribution < 1.29 is 42.3 Å². The second-order valence-electron chi connectivity index (χ2n) is 13.3. The van der Waals surface area contributed by atoms with Crippen LogP contribution in [0.4, 0.5) is 8.78 Å². The maximum Gasteiger partial charge on any atom is 0.399 e. The minimum Gasteiger partial charge on any atom is -0.341 e. The summed E-state index contributed by atoms with van der Waals surface area (Å²) in [6, 6.07) is 2.71. The van der Waals surface area contributed by atoms with Gasteiger partial charge in [0.15, 0.2) is 0 Å². The number of rotatable bonds is 6. The lowest BCUT2D eigenvalue weighted by atomic mass is 9.85. The zero-order valence-electron chi connectivity index (χ0n) is 25.7. The Morgan fingerprint density at radius 3 is 2.36 bits per heavy atom. The Kier molecular flexibility index (Phi) is 8.93. The molecular weight excluding hydrogens is 629 g/mol. The van der Waals surface area contributed by atoms with Crippen molar-refractivity contribution in [3.05, 3.63) is 34.7 Å². The number of piperidine rings is 1. The standard InChI is InChI=1S/C30H39F2N4O7PS/c1-17(37)34-12-9-18-10-13-36(22(18)16-34)27(39)21-6-5-11-35(21)28(40)25(29(2,3)4)33-26(38)24-15-19-14-20(7-8-23(19)45-24)30(31,32)44(41,42)43/h7-8,14-15,18,21-22,25H,5-6,9-13,16H2,1-4H3,(H,33,38)(H2,41,42,43)/t18-,21?,22-,25?/m0/s1. The van der Waals surface area contributed by atoms with Crippen molar-refractivity contribution in [2.24, 2.45) is 11.3 Å². The molecule has 1 aromatic heterocycles. The van der Waals surface area contributed by atoms with E-state index in [1.165, 1.54) is 19.1 Å². The molecule has 15 heteroatoms. The van der Waals surface area contributed by atoms with Crippen LogP contribution in [-0.4, -0.2) is 92.4 Å². The normalized spacial score (nSPS) is 23.3. The van der Waals surface area contributed by atoms with Crippen LogP contribution in [0.15, 0.2) is 24.3 Å². The highest BCUT2D eigenvalue weighted by molar-refractivity contribution is 7.52.